The summed E-state index contributed by atoms with van der Waals surface area (Å²) in [7, 11) is 6.49. The summed E-state index contributed by atoms with van der Waals surface area (Å²) in [5.74, 6) is 1.83. The smallest absolute Gasteiger partial charge is 0.119 e. The maximum absolute atomic E-state index is 10.1. The molecule has 16 nitrogen and oxygen atoms in total. The maximum Gasteiger partial charge on any atom is 0.119 e. The number of aliphatic hydroxyl groups is 4. The monoisotopic (exact) mass is 1090 g/mol. The van der Waals surface area contributed by atoms with Gasteiger partial charge in [0, 0.05) is 110 Å². The summed E-state index contributed by atoms with van der Waals surface area (Å²) in [5, 5.41) is 48.3. The van der Waals surface area contributed by atoms with Gasteiger partial charge in [0.15, 0.2) is 0 Å². The van der Waals surface area contributed by atoms with E-state index in [-0.39, 0.29) is 13.2 Å². The van der Waals surface area contributed by atoms with E-state index in [0.29, 0.717) is 55.8 Å². The molecule has 0 saturated carbocycles. The van der Waals surface area contributed by atoms with Crippen LogP contribution in [0.15, 0.2) is 97.1 Å². The van der Waals surface area contributed by atoms with Gasteiger partial charge in [-0.05, 0) is 96.5 Å². The van der Waals surface area contributed by atoms with Gasteiger partial charge in [0.05, 0.1) is 26.4 Å². The summed E-state index contributed by atoms with van der Waals surface area (Å²) in [4.78, 5) is 0. The minimum atomic E-state index is -3.37. The van der Waals surface area contributed by atoms with Crippen LogP contribution in [0.3, 0.4) is 0 Å². The second-order valence-electron chi connectivity index (χ2n) is 16.7. The Morgan fingerprint density at radius 1 is 0.382 bits per heavy atom. The Morgan fingerprint density at radius 2 is 0.632 bits per heavy atom. The third kappa shape index (κ3) is 39.0. The molecule has 0 heterocycles. The molecule has 0 bridgehead atoms. The molecule has 0 aliphatic rings. The molecule has 8 N–H and O–H groups in total. The Kier molecular flexibility index (Phi) is 23.4. The number of benzene rings is 4. The zero-order valence-corrected chi connectivity index (χ0v) is 45.2. The van der Waals surface area contributed by atoms with Gasteiger partial charge < -0.3 is 79.6 Å². The van der Waals surface area contributed by atoms with E-state index < -0.39 is 115 Å². The molecule has 0 saturated heterocycles. The molecule has 0 fully saturated rings. The van der Waals surface area contributed by atoms with Crippen molar-refractivity contribution in [2.45, 2.75) is 129 Å². The minimum Gasteiger partial charge on any atom is -0.491 e. The molecule has 4 rings (SSSR count). The zero-order chi connectivity index (χ0) is 76.3. The van der Waals surface area contributed by atoms with E-state index >= 15 is 0 Å². The van der Waals surface area contributed by atoms with Crippen LogP contribution in [-0.4, -0.2) is 176 Å². The molecule has 16 heteroatoms. The lowest BCUT2D eigenvalue weighted by Gasteiger charge is -2.15. The van der Waals surface area contributed by atoms with E-state index in [9.17, 15) is 20.4 Å². The Morgan fingerprint density at radius 3 is 0.868 bits per heavy atom. The van der Waals surface area contributed by atoms with Gasteiger partial charge >= 0.3 is 0 Å². The molecule has 0 aliphatic heterocycles. The van der Waals surface area contributed by atoms with Gasteiger partial charge in [-0.15, -0.1) is 0 Å². The molecule has 6 unspecified atom stereocenters. The van der Waals surface area contributed by atoms with E-state index in [4.69, 9.17) is 69.4 Å². The fourth-order valence-electron chi connectivity index (χ4n) is 5.55. The second kappa shape index (κ2) is 44.6. The van der Waals surface area contributed by atoms with Crippen molar-refractivity contribution in [2.75, 3.05) is 107 Å². The summed E-state index contributed by atoms with van der Waals surface area (Å²) >= 11 is 0. The average Bonchev–Trinajstić information content (AvgIpc) is 0.764. The zero-order valence-electron chi connectivity index (χ0n) is 68.2. The van der Waals surface area contributed by atoms with E-state index in [1.165, 1.54) is 20.8 Å². The predicted octanol–water partition coefficient (Wildman–Crippen LogP) is 6.45. The van der Waals surface area contributed by atoms with E-state index in [2.05, 4.69) is 10.6 Å². The van der Waals surface area contributed by atoms with Crippen LogP contribution >= 0.6 is 0 Å². The van der Waals surface area contributed by atoms with Gasteiger partial charge in [0.25, 0.3) is 0 Å². The van der Waals surface area contributed by atoms with Crippen molar-refractivity contribution in [1.29, 1.82) is 0 Å². The first kappa shape index (κ1) is 39.9. The quantitative estimate of drug-likeness (QED) is 0.0247. The fourth-order valence-corrected chi connectivity index (χ4v) is 5.55. The van der Waals surface area contributed by atoms with Crippen LogP contribution in [-0.2, 0) is 44.6 Å². The third-order valence-electron chi connectivity index (χ3n) is 9.45. The van der Waals surface area contributed by atoms with Crippen molar-refractivity contribution in [1.82, 2.24) is 21.3 Å². The van der Waals surface area contributed by atoms with Crippen LogP contribution in [0.1, 0.15) is 109 Å². The first-order valence-corrected chi connectivity index (χ1v) is 24.4. The highest BCUT2D eigenvalue weighted by molar-refractivity contribution is 5.30. The highest BCUT2D eigenvalue weighted by Crippen LogP contribution is 2.16. The van der Waals surface area contributed by atoms with Crippen LogP contribution in [0.5, 0.6) is 23.0 Å². The number of hydrogen-bond acceptors (Lipinski definition) is 16. The van der Waals surface area contributed by atoms with E-state index in [0.717, 1.165) is 48.4 Å². The topological polar surface area (TPSA) is 203 Å². The average molecular weight is 1090 g/mol. The van der Waals surface area contributed by atoms with Crippen molar-refractivity contribution in [3.8, 4) is 23.0 Å². The molecule has 4 aromatic carbocycles. The Bertz CT molecular complexity index is 2840. The largest absolute Gasteiger partial charge is 0.491 e. The first-order valence-electron chi connectivity index (χ1n) is 35.9. The van der Waals surface area contributed by atoms with E-state index in [1.807, 2.05) is 41.7 Å². The molecule has 0 aromatic heterocycles. The Hall–Kier alpha value is -4.40. The van der Waals surface area contributed by atoms with Gasteiger partial charge in [-0.25, -0.2) is 0 Å². The summed E-state index contributed by atoms with van der Waals surface area (Å²) in [6, 6.07) is 20.5. The molecule has 76 heavy (non-hydrogen) atoms. The highest BCUT2D eigenvalue weighted by Gasteiger charge is 2.10. The second-order valence-corrected chi connectivity index (χ2v) is 16.7. The molecule has 4 aromatic rings. The van der Waals surface area contributed by atoms with Crippen LogP contribution in [0.4, 0.5) is 0 Å². The lowest BCUT2D eigenvalue weighted by Crippen LogP contribution is -2.35. The van der Waals surface area contributed by atoms with Crippen molar-refractivity contribution in [2.24, 2.45) is 0 Å². The lowest BCUT2D eigenvalue weighted by atomic mass is 10.1. The predicted molar refractivity (Wildman–Crippen MR) is 307 cm³/mol. The van der Waals surface area contributed by atoms with Crippen LogP contribution in [0, 0.1) is 0 Å². The van der Waals surface area contributed by atoms with Gasteiger partial charge in [0.2, 0.25) is 0 Å². The van der Waals surface area contributed by atoms with Gasteiger partial charge in [-0.1, -0.05) is 104 Å². The summed E-state index contributed by atoms with van der Waals surface area (Å²) in [5.41, 5.74) is 4.23. The van der Waals surface area contributed by atoms with Gasteiger partial charge in [-0.2, -0.15) is 0 Å². The Balaban J connectivity index is 0.000000662. The number of ether oxygens (including phenoxy) is 8. The minimum absolute atomic E-state index is 0.201. The molecule has 0 aliphatic carbocycles. The SMILES string of the molecule is [2H]C(C)(C)NC([2H])([2H])C(O)COc1ccc(CCOC)cc1.[2H]C([2H])(NC([2H])(C([2H])([2H])[2H])C([2H])([2H])[2H])C(O)COc1ccc(CCOC)cc1.[2H]C([2H])(NC([2H])(C)C([2H])([2H])[2H])C(O)COc1ccc(CCOC)cc1.[2H]C([2H])([2H])C(C)NC([2H])([2H])C(O)COc1ccc(CCOC)cc1. The van der Waals surface area contributed by atoms with Crippen molar-refractivity contribution >= 4 is 0 Å². The third-order valence-corrected chi connectivity index (χ3v) is 9.45. The summed E-state index contributed by atoms with van der Waals surface area (Å²) in [6.45, 7) is -15.3. The molecular weight excluding hydrogens is 969 g/mol. The molecule has 0 amide bonds. The molecule has 432 valence electrons. The number of hydrogen-bond donors (Lipinski definition) is 8. The number of aliphatic hydroxyl groups excluding tert-OH is 4. The Labute approximate surface area is 489 Å². The number of rotatable bonds is 36. The highest BCUT2D eigenvalue weighted by atomic mass is 16.5. The molecule has 6 atom stereocenters. The summed E-state index contributed by atoms with van der Waals surface area (Å²) in [6.07, 6.45) is -3.46. The normalized spacial score (nSPS) is 20.0. The van der Waals surface area contributed by atoms with Crippen molar-refractivity contribution in [3.63, 3.8) is 0 Å². The lowest BCUT2D eigenvalue weighted by molar-refractivity contribution is 0.104. The van der Waals surface area contributed by atoms with Crippen molar-refractivity contribution in [3.05, 3.63) is 119 Å². The van der Waals surface area contributed by atoms with E-state index in [1.54, 1.807) is 94.4 Å². The molecule has 0 radical (unpaired) electrons. The fraction of sp³-hybridized carbons (Fsp3) is 0.600. The molecule has 0 spiro atoms. The molecular formula is C60H100N4O12. The van der Waals surface area contributed by atoms with Gasteiger partial charge in [0.1, 0.15) is 73.8 Å². The standard InChI is InChI=1S/4C15H25NO3/c4*1-12(2)16-10-14(17)11-19-15-6-4-13(5-7-15)8-9-18-3/h4*4-7,12,14,16-17H,8-11H2,1-3H3/i1D3,2D3,10D2,12D;1D3,10D2,12D;10D2,12D;1D3,10D2. The number of methoxy groups -OCH3 is 4. The maximum atomic E-state index is 10.1. The van der Waals surface area contributed by atoms with Gasteiger partial charge in [-0.3, -0.25) is 0 Å². The van der Waals surface area contributed by atoms with Crippen LogP contribution < -0.4 is 40.2 Å². The number of nitrogens with one attached hydrogen (secondary N) is 4. The first-order chi connectivity index (χ1) is 45.2. The van der Waals surface area contributed by atoms with Crippen LogP contribution in [0.2, 0.25) is 0 Å². The van der Waals surface area contributed by atoms with Crippen LogP contribution in [0.25, 0.3) is 0 Å². The van der Waals surface area contributed by atoms with Crippen molar-refractivity contribution < 1.29 is 89.8 Å². The summed E-state index contributed by atoms with van der Waals surface area (Å²) < 4.78 is 214.